The molecule has 2 aromatic carbocycles. The molecule has 1 heterocycles. The fourth-order valence-electron chi connectivity index (χ4n) is 2.88. The number of hydrogen-bond donors (Lipinski definition) is 1. The summed E-state index contributed by atoms with van der Waals surface area (Å²) in [6.45, 7) is 3.22. The van der Waals surface area contributed by atoms with Crippen LogP contribution in [0.4, 0.5) is 5.69 Å². The smallest absolute Gasteiger partial charge is 0.255 e. The summed E-state index contributed by atoms with van der Waals surface area (Å²) in [4.78, 5) is 14.7. The second kappa shape index (κ2) is 7.08. The third-order valence-electron chi connectivity index (χ3n) is 4.04. The van der Waals surface area contributed by atoms with Gasteiger partial charge in [0, 0.05) is 17.8 Å². The average molecular weight is 305 g/mol. The average Bonchev–Trinajstić information content (AvgIpc) is 3.08. The molecular formula is C19H19N3O. The van der Waals surface area contributed by atoms with Gasteiger partial charge in [-0.25, -0.2) is 0 Å². The molecule has 0 atom stereocenters. The highest BCUT2D eigenvalue weighted by Crippen LogP contribution is 2.17. The number of likely N-dealkylation sites (tertiary alicyclic amines) is 1. The van der Waals surface area contributed by atoms with E-state index in [9.17, 15) is 4.79 Å². The zero-order chi connectivity index (χ0) is 16.1. The fraction of sp³-hybridized carbons (Fsp3) is 0.263. The van der Waals surface area contributed by atoms with Gasteiger partial charge in [0.1, 0.15) is 0 Å². The van der Waals surface area contributed by atoms with Gasteiger partial charge in [0.15, 0.2) is 0 Å². The quantitative estimate of drug-likeness (QED) is 0.942. The Morgan fingerprint density at radius 2 is 1.91 bits per heavy atom. The van der Waals surface area contributed by atoms with Crippen molar-refractivity contribution in [3.8, 4) is 6.07 Å². The Hall–Kier alpha value is -2.64. The van der Waals surface area contributed by atoms with Gasteiger partial charge in [-0.2, -0.15) is 5.26 Å². The molecule has 4 heteroatoms. The van der Waals surface area contributed by atoms with Crippen molar-refractivity contribution in [1.29, 1.82) is 5.26 Å². The Balaban J connectivity index is 1.69. The minimum absolute atomic E-state index is 0.194. The first-order valence-electron chi connectivity index (χ1n) is 7.87. The molecule has 1 aliphatic rings. The maximum Gasteiger partial charge on any atom is 0.255 e. The van der Waals surface area contributed by atoms with E-state index in [-0.39, 0.29) is 5.91 Å². The lowest BCUT2D eigenvalue weighted by molar-refractivity contribution is 0.102. The summed E-state index contributed by atoms with van der Waals surface area (Å²) in [7, 11) is 0. The largest absolute Gasteiger partial charge is 0.322 e. The van der Waals surface area contributed by atoms with Crippen LogP contribution in [0.25, 0.3) is 0 Å². The molecule has 1 N–H and O–H groups in total. The molecule has 0 aliphatic carbocycles. The Bertz CT molecular complexity index is 742. The van der Waals surface area contributed by atoms with E-state index in [1.807, 2.05) is 18.2 Å². The van der Waals surface area contributed by atoms with Crippen molar-refractivity contribution in [2.45, 2.75) is 19.4 Å². The summed E-state index contributed by atoms with van der Waals surface area (Å²) in [6.07, 6.45) is 2.54. The topological polar surface area (TPSA) is 56.1 Å². The van der Waals surface area contributed by atoms with Crippen LogP contribution in [0.1, 0.15) is 34.3 Å². The van der Waals surface area contributed by atoms with Crippen molar-refractivity contribution in [1.82, 2.24) is 4.90 Å². The molecule has 0 bridgehead atoms. The molecule has 1 amide bonds. The lowest BCUT2D eigenvalue weighted by Gasteiger charge is -2.15. The molecule has 1 fully saturated rings. The number of benzene rings is 2. The van der Waals surface area contributed by atoms with E-state index in [4.69, 9.17) is 5.26 Å². The van der Waals surface area contributed by atoms with Gasteiger partial charge in [0.25, 0.3) is 5.91 Å². The van der Waals surface area contributed by atoms with E-state index in [2.05, 4.69) is 22.4 Å². The highest BCUT2D eigenvalue weighted by Gasteiger charge is 2.12. The van der Waals surface area contributed by atoms with E-state index >= 15 is 0 Å². The number of carbonyl (C=O) groups is 1. The van der Waals surface area contributed by atoms with Gasteiger partial charge in [-0.3, -0.25) is 9.69 Å². The van der Waals surface area contributed by atoms with Gasteiger partial charge in [-0.15, -0.1) is 0 Å². The van der Waals surface area contributed by atoms with Crippen LogP contribution in [0, 0.1) is 11.3 Å². The van der Waals surface area contributed by atoms with Gasteiger partial charge < -0.3 is 5.32 Å². The number of hydrogen-bond acceptors (Lipinski definition) is 3. The molecule has 2 aromatic rings. The number of nitrogens with zero attached hydrogens (tertiary/aromatic N) is 2. The van der Waals surface area contributed by atoms with Crippen molar-refractivity contribution in [2.24, 2.45) is 0 Å². The first kappa shape index (κ1) is 15.3. The summed E-state index contributed by atoms with van der Waals surface area (Å²) in [5.74, 6) is -0.194. The molecule has 1 aliphatic heterocycles. The second-order valence-electron chi connectivity index (χ2n) is 5.83. The zero-order valence-electron chi connectivity index (χ0n) is 13.0. The second-order valence-corrected chi connectivity index (χ2v) is 5.83. The van der Waals surface area contributed by atoms with Crippen LogP contribution in [0.5, 0.6) is 0 Å². The van der Waals surface area contributed by atoms with Crippen molar-refractivity contribution < 1.29 is 4.79 Å². The van der Waals surface area contributed by atoms with Gasteiger partial charge in [-0.05, 0) is 61.8 Å². The van der Waals surface area contributed by atoms with E-state index in [0.717, 1.165) is 25.3 Å². The van der Waals surface area contributed by atoms with Crippen LogP contribution < -0.4 is 5.32 Å². The predicted octanol–water partition coefficient (Wildman–Crippen LogP) is 3.41. The maximum atomic E-state index is 12.3. The monoisotopic (exact) mass is 305 g/mol. The van der Waals surface area contributed by atoms with E-state index in [1.54, 1.807) is 24.3 Å². The molecule has 0 spiro atoms. The van der Waals surface area contributed by atoms with Crippen LogP contribution in [0.3, 0.4) is 0 Å². The highest BCUT2D eigenvalue weighted by atomic mass is 16.1. The Morgan fingerprint density at radius 3 is 2.70 bits per heavy atom. The summed E-state index contributed by atoms with van der Waals surface area (Å²) < 4.78 is 0. The Kier molecular flexibility index (Phi) is 4.70. The highest BCUT2D eigenvalue weighted by molar-refractivity contribution is 6.04. The molecule has 1 saturated heterocycles. The van der Waals surface area contributed by atoms with Crippen molar-refractivity contribution >= 4 is 11.6 Å². The van der Waals surface area contributed by atoms with Crippen LogP contribution in [0.15, 0.2) is 48.5 Å². The number of nitriles is 1. The summed E-state index contributed by atoms with van der Waals surface area (Å²) in [5.41, 5.74) is 2.97. The third kappa shape index (κ3) is 3.97. The fourth-order valence-corrected chi connectivity index (χ4v) is 2.88. The number of rotatable bonds is 4. The molecule has 4 nitrogen and oxygen atoms in total. The van der Waals surface area contributed by atoms with Crippen LogP contribution >= 0.6 is 0 Å². The van der Waals surface area contributed by atoms with Crippen molar-refractivity contribution in [3.63, 3.8) is 0 Å². The standard InChI is InChI=1S/C19H19N3O/c20-13-15-5-3-7-17(11-15)19(23)21-18-8-4-6-16(12-18)14-22-9-1-2-10-22/h3-8,11-12H,1-2,9-10,14H2,(H,21,23). The molecule has 116 valence electrons. The molecule has 0 unspecified atom stereocenters. The molecule has 0 radical (unpaired) electrons. The van der Waals surface area contributed by atoms with E-state index in [0.29, 0.717) is 11.1 Å². The summed E-state index contributed by atoms with van der Waals surface area (Å²) in [6, 6.07) is 16.7. The SMILES string of the molecule is N#Cc1cccc(C(=O)Nc2cccc(CN3CCCC3)c2)c1. The molecular weight excluding hydrogens is 286 g/mol. The Morgan fingerprint density at radius 1 is 1.13 bits per heavy atom. The third-order valence-corrected chi connectivity index (χ3v) is 4.04. The first-order chi connectivity index (χ1) is 11.2. The lowest BCUT2D eigenvalue weighted by Crippen LogP contribution is -2.18. The number of nitrogens with one attached hydrogen (secondary N) is 1. The molecule has 0 aromatic heterocycles. The normalized spacial score (nSPS) is 14.4. The molecule has 23 heavy (non-hydrogen) atoms. The van der Waals surface area contributed by atoms with Crippen molar-refractivity contribution in [2.75, 3.05) is 18.4 Å². The first-order valence-corrected chi connectivity index (χ1v) is 7.87. The lowest BCUT2D eigenvalue weighted by atomic mass is 10.1. The van der Waals surface area contributed by atoms with Gasteiger partial charge in [0.2, 0.25) is 0 Å². The minimum Gasteiger partial charge on any atom is -0.322 e. The predicted molar refractivity (Wildman–Crippen MR) is 90.1 cm³/mol. The molecule has 0 saturated carbocycles. The maximum absolute atomic E-state index is 12.3. The van der Waals surface area contributed by atoms with Crippen LogP contribution in [-0.2, 0) is 6.54 Å². The number of amides is 1. The van der Waals surface area contributed by atoms with Crippen LogP contribution in [0.2, 0.25) is 0 Å². The minimum atomic E-state index is -0.194. The van der Waals surface area contributed by atoms with Crippen LogP contribution in [-0.4, -0.2) is 23.9 Å². The van der Waals surface area contributed by atoms with Gasteiger partial charge in [0.05, 0.1) is 11.6 Å². The summed E-state index contributed by atoms with van der Waals surface area (Å²) in [5, 5.41) is 11.8. The van der Waals surface area contributed by atoms with Gasteiger partial charge >= 0.3 is 0 Å². The van der Waals surface area contributed by atoms with Gasteiger partial charge in [-0.1, -0.05) is 18.2 Å². The Labute approximate surface area is 136 Å². The van der Waals surface area contributed by atoms with E-state index < -0.39 is 0 Å². The number of anilines is 1. The zero-order valence-corrected chi connectivity index (χ0v) is 13.0. The molecule has 3 rings (SSSR count). The van der Waals surface area contributed by atoms with Crippen molar-refractivity contribution in [3.05, 3.63) is 65.2 Å². The number of carbonyl (C=O) groups excluding carboxylic acids is 1. The van der Waals surface area contributed by atoms with E-state index in [1.165, 1.54) is 18.4 Å². The summed E-state index contributed by atoms with van der Waals surface area (Å²) >= 11 is 0.